The molecule has 0 saturated carbocycles. The molecule has 6 heteroatoms. The molecule has 5 nitrogen and oxygen atoms in total. The molecule has 0 aliphatic rings. The Bertz CT molecular complexity index is 911. The number of benzene rings is 2. The molecule has 0 atom stereocenters. The maximum absolute atomic E-state index is 12.2. The van der Waals surface area contributed by atoms with Gasteiger partial charge in [0, 0.05) is 10.0 Å². The van der Waals surface area contributed by atoms with Crippen molar-refractivity contribution in [2.75, 3.05) is 0 Å². The van der Waals surface area contributed by atoms with E-state index in [2.05, 4.69) is 36.7 Å². The molecular weight excluding hydrogens is 380 g/mol. The lowest BCUT2D eigenvalue weighted by molar-refractivity contribution is 0.0950. The standard InChI is InChI=1S/C19H17BrN4O/c1-12-3-5-14(6-4-12)13(2)21-24-19(25)18-11-17(22-23-18)15-7-9-16(20)10-8-15/h3-11H,1-2H3,(H,22,23)(H,24,25). The predicted octanol–water partition coefficient (Wildman–Crippen LogP) is 4.30. The molecule has 0 unspecified atom stereocenters. The minimum absolute atomic E-state index is 0.331. The summed E-state index contributed by atoms with van der Waals surface area (Å²) in [5.41, 5.74) is 7.43. The van der Waals surface area contributed by atoms with E-state index >= 15 is 0 Å². The van der Waals surface area contributed by atoms with Crippen molar-refractivity contribution < 1.29 is 4.79 Å². The third kappa shape index (κ3) is 4.22. The molecule has 0 spiro atoms. The Hall–Kier alpha value is -2.73. The Kier molecular flexibility index (Phi) is 5.09. The third-order valence-electron chi connectivity index (χ3n) is 3.76. The van der Waals surface area contributed by atoms with E-state index in [0.717, 1.165) is 21.3 Å². The van der Waals surface area contributed by atoms with Crippen molar-refractivity contribution in [3.05, 3.63) is 75.9 Å². The Morgan fingerprint density at radius 2 is 1.80 bits per heavy atom. The second-order valence-electron chi connectivity index (χ2n) is 5.68. The van der Waals surface area contributed by atoms with E-state index in [0.29, 0.717) is 11.4 Å². The molecule has 0 bridgehead atoms. The van der Waals surface area contributed by atoms with Crippen molar-refractivity contribution in [2.24, 2.45) is 5.10 Å². The van der Waals surface area contributed by atoms with Crippen molar-refractivity contribution >= 4 is 27.5 Å². The molecule has 1 aromatic heterocycles. The van der Waals surface area contributed by atoms with Gasteiger partial charge in [0.25, 0.3) is 5.91 Å². The maximum Gasteiger partial charge on any atom is 0.289 e. The number of halogens is 1. The molecule has 3 aromatic rings. The molecule has 1 amide bonds. The van der Waals surface area contributed by atoms with Gasteiger partial charge in [0.05, 0.1) is 11.4 Å². The smallest absolute Gasteiger partial charge is 0.272 e. The predicted molar refractivity (Wildman–Crippen MR) is 103 cm³/mol. The Morgan fingerprint density at radius 1 is 1.12 bits per heavy atom. The highest BCUT2D eigenvalue weighted by atomic mass is 79.9. The summed E-state index contributed by atoms with van der Waals surface area (Å²) in [6.07, 6.45) is 0. The number of carbonyl (C=O) groups excluding carboxylic acids is 1. The van der Waals surface area contributed by atoms with Gasteiger partial charge in [0.15, 0.2) is 0 Å². The Labute approximate surface area is 154 Å². The molecule has 0 fully saturated rings. The number of nitrogens with one attached hydrogen (secondary N) is 2. The van der Waals surface area contributed by atoms with Gasteiger partial charge in [-0.05, 0) is 37.6 Å². The van der Waals surface area contributed by atoms with Crippen LogP contribution in [0.5, 0.6) is 0 Å². The van der Waals surface area contributed by atoms with Crippen LogP contribution in [0.2, 0.25) is 0 Å². The van der Waals surface area contributed by atoms with Gasteiger partial charge < -0.3 is 0 Å². The number of hydrogen-bond donors (Lipinski definition) is 2. The van der Waals surface area contributed by atoms with Crippen LogP contribution < -0.4 is 5.43 Å². The van der Waals surface area contributed by atoms with Crippen LogP contribution in [0.15, 0.2) is 64.2 Å². The van der Waals surface area contributed by atoms with Crippen LogP contribution in [0.25, 0.3) is 11.3 Å². The molecular formula is C19H17BrN4O. The topological polar surface area (TPSA) is 70.1 Å². The van der Waals surface area contributed by atoms with Gasteiger partial charge in [-0.15, -0.1) is 0 Å². The number of amides is 1. The highest BCUT2D eigenvalue weighted by Gasteiger charge is 2.10. The van der Waals surface area contributed by atoms with Gasteiger partial charge >= 0.3 is 0 Å². The van der Waals surface area contributed by atoms with Crippen LogP contribution in [-0.4, -0.2) is 21.8 Å². The molecule has 2 N–H and O–H groups in total. The van der Waals surface area contributed by atoms with E-state index in [-0.39, 0.29) is 5.91 Å². The quantitative estimate of drug-likeness (QED) is 0.509. The number of carbonyl (C=O) groups is 1. The normalized spacial score (nSPS) is 11.4. The van der Waals surface area contributed by atoms with Crippen LogP contribution in [0.4, 0.5) is 0 Å². The minimum atomic E-state index is -0.331. The maximum atomic E-state index is 12.2. The van der Waals surface area contributed by atoms with Crippen molar-refractivity contribution in [3.8, 4) is 11.3 Å². The average Bonchev–Trinajstić information content (AvgIpc) is 3.11. The molecule has 0 aliphatic carbocycles. The van der Waals surface area contributed by atoms with Crippen molar-refractivity contribution in [3.63, 3.8) is 0 Å². The van der Waals surface area contributed by atoms with Crippen LogP contribution >= 0.6 is 15.9 Å². The highest BCUT2D eigenvalue weighted by Crippen LogP contribution is 2.20. The zero-order valence-electron chi connectivity index (χ0n) is 13.9. The average molecular weight is 397 g/mol. The summed E-state index contributed by atoms with van der Waals surface area (Å²) in [5.74, 6) is -0.331. The van der Waals surface area contributed by atoms with Crippen molar-refractivity contribution in [1.82, 2.24) is 15.6 Å². The van der Waals surface area contributed by atoms with E-state index < -0.39 is 0 Å². The number of hydrazone groups is 1. The molecule has 25 heavy (non-hydrogen) atoms. The summed E-state index contributed by atoms with van der Waals surface area (Å²) < 4.78 is 0.991. The number of aromatic amines is 1. The van der Waals surface area contributed by atoms with Gasteiger partial charge in [-0.2, -0.15) is 10.2 Å². The first-order valence-electron chi connectivity index (χ1n) is 7.76. The molecule has 126 valence electrons. The lowest BCUT2D eigenvalue weighted by atomic mass is 10.1. The number of hydrogen-bond acceptors (Lipinski definition) is 3. The number of aromatic nitrogens is 2. The lowest BCUT2D eigenvalue weighted by Crippen LogP contribution is -2.19. The van der Waals surface area contributed by atoms with E-state index in [1.807, 2.05) is 62.4 Å². The lowest BCUT2D eigenvalue weighted by Gasteiger charge is -2.02. The molecule has 2 aromatic carbocycles. The first kappa shape index (κ1) is 17.1. The summed E-state index contributed by atoms with van der Waals surface area (Å²) in [5, 5.41) is 11.1. The first-order chi connectivity index (χ1) is 12.0. The van der Waals surface area contributed by atoms with Crippen LogP contribution in [-0.2, 0) is 0 Å². The minimum Gasteiger partial charge on any atom is -0.272 e. The Balaban J connectivity index is 1.70. The fraction of sp³-hybridized carbons (Fsp3) is 0.105. The molecule has 0 saturated heterocycles. The largest absolute Gasteiger partial charge is 0.289 e. The molecule has 3 rings (SSSR count). The zero-order valence-corrected chi connectivity index (χ0v) is 15.5. The summed E-state index contributed by atoms with van der Waals surface area (Å²) in [7, 11) is 0. The summed E-state index contributed by atoms with van der Waals surface area (Å²) in [4.78, 5) is 12.2. The van der Waals surface area contributed by atoms with Crippen LogP contribution in [0, 0.1) is 6.92 Å². The van der Waals surface area contributed by atoms with E-state index in [1.165, 1.54) is 5.56 Å². The highest BCUT2D eigenvalue weighted by molar-refractivity contribution is 9.10. The van der Waals surface area contributed by atoms with Crippen molar-refractivity contribution in [2.45, 2.75) is 13.8 Å². The van der Waals surface area contributed by atoms with Gasteiger partial charge in [0.2, 0.25) is 0 Å². The summed E-state index contributed by atoms with van der Waals surface area (Å²) in [6.45, 7) is 3.88. The van der Waals surface area contributed by atoms with Gasteiger partial charge in [0.1, 0.15) is 5.69 Å². The van der Waals surface area contributed by atoms with Crippen LogP contribution in [0.1, 0.15) is 28.5 Å². The fourth-order valence-corrected chi connectivity index (χ4v) is 2.53. The molecule has 0 aliphatic heterocycles. The Morgan fingerprint density at radius 3 is 2.48 bits per heavy atom. The molecule has 0 radical (unpaired) electrons. The fourth-order valence-electron chi connectivity index (χ4n) is 2.26. The number of H-pyrrole nitrogens is 1. The number of nitrogens with zero attached hydrogens (tertiary/aromatic N) is 2. The molecule has 1 heterocycles. The van der Waals surface area contributed by atoms with Crippen molar-refractivity contribution in [1.29, 1.82) is 0 Å². The van der Waals surface area contributed by atoms with Gasteiger partial charge in [-0.25, -0.2) is 5.43 Å². The monoisotopic (exact) mass is 396 g/mol. The number of aryl methyl sites for hydroxylation is 1. The van der Waals surface area contributed by atoms with E-state index in [4.69, 9.17) is 0 Å². The number of rotatable bonds is 4. The SMILES string of the molecule is CC(=NNC(=O)c1cc(-c2ccc(Br)cc2)n[nH]1)c1ccc(C)cc1. The third-order valence-corrected chi connectivity index (χ3v) is 4.29. The van der Waals surface area contributed by atoms with E-state index in [9.17, 15) is 4.79 Å². The summed E-state index contributed by atoms with van der Waals surface area (Å²) in [6, 6.07) is 17.4. The summed E-state index contributed by atoms with van der Waals surface area (Å²) >= 11 is 3.40. The zero-order chi connectivity index (χ0) is 17.8. The van der Waals surface area contributed by atoms with E-state index in [1.54, 1.807) is 6.07 Å². The second kappa shape index (κ2) is 7.44. The van der Waals surface area contributed by atoms with Gasteiger partial charge in [-0.3, -0.25) is 9.89 Å². The van der Waals surface area contributed by atoms with Gasteiger partial charge in [-0.1, -0.05) is 57.9 Å². The second-order valence-corrected chi connectivity index (χ2v) is 6.59. The van der Waals surface area contributed by atoms with Crippen LogP contribution in [0.3, 0.4) is 0 Å². The first-order valence-corrected chi connectivity index (χ1v) is 8.55.